The summed E-state index contributed by atoms with van der Waals surface area (Å²) >= 11 is 0. The van der Waals surface area contributed by atoms with Gasteiger partial charge in [-0.05, 0) is 62.0 Å². The molecule has 0 heterocycles. The van der Waals surface area contributed by atoms with Crippen molar-refractivity contribution in [3.63, 3.8) is 0 Å². The highest BCUT2D eigenvalue weighted by atomic mass is 16.5. The maximum Gasteiger partial charge on any atom is 0.326 e. The van der Waals surface area contributed by atoms with Crippen LogP contribution < -0.4 is 5.32 Å². The van der Waals surface area contributed by atoms with Crippen LogP contribution >= 0.6 is 0 Å². The molecule has 0 radical (unpaired) electrons. The molecular formula is C26H38N2O3. The van der Waals surface area contributed by atoms with Crippen molar-refractivity contribution >= 4 is 17.7 Å². The number of carbonyl (C=O) groups is 2. The van der Waals surface area contributed by atoms with Crippen LogP contribution in [0, 0.1) is 23.7 Å². The molecule has 31 heavy (non-hydrogen) atoms. The minimum atomic E-state index is -0.264. The van der Waals surface area contributed by atoms with Crippen molar-refractivity contribution < 1.29 is 14.3 Å². The largest absolute Gasteiger partial charge is 0.460 e. The molecular weight excluding hydrogens is 388 g/mol. The average Bonchev–Trinajstić information content (AvgIpc) is 3.08. The summed E-state index contributed by atoms with van der Waals surface area (Å²) in [4.78, 5) is 28.0. The molecule has 0 aromatic heterocycles. The molecule has 1 aromatic rings. The van der Waals surface area contributed by atoms with E-state index in [0.717, 1.165) is 49.8 Å². The van der Waals surface area contributed by atoms with E-state index in [-0.39, 0.29) is 41.5 Å². The van der Waals surface area contributed by atoms with E-state index in [2.05, 4.69) is 26.1 Å². The number of fused-ring (bicyclic) bond motifs is 2. The molecule has 5 nitrogen and oxygen atoms in total. The summed E-state index contributed by atoms with van der Waals surface area (Å²) in [5.74, 6) is 0.356. The number of nitrogens with zero attached hydrogens (tertiary/aromatic N) is 1. The van der Waals surface area contributed by atoms with Gasteiger partial charge < -0.3 is 15.0 Å². The van der Waals surface area contributed by atoms with Crippen LogP contribution in [0.4, 0.5) is 10.5 Å². The van der Waals surface area contributed by atoms with Gasteiger partial charge in [-0.3, -0.25) is 4.79 Å². The lowest BCUT2D eigenvalue weighted by molar-refractivity contribution is -0.158. The molecule has 3 saturated carbocycles. The van der Waals surface area contributed by atoms with E-state index in [1.54, 1.807) is 4.90 Å². The highest BCUT2D eigenvalue weighted by Gasteiger charge is 2.62. The van der Waals surface area contributed by atoms with Gasteiger partial charge in [0.1, 0.15) is 12.6 Å². The number of ether oxygens (including phenoxy) is 1. The number of esters is 1. The summed E-state index contributed by atoms with van der Waals surface area (Å²) in [5.41, 5.74) is 2.04. The molecule has 3 atom stereocenters. The maximum absolute atomic E-state index is 13.2. The predicted octanol–water partition coefficient (Wildman–Crippen LogP) is 5.92. The van der Waals surface area contributed by atoms with Gasteiger partial charge in [0.05, 0.1) is 0 Å². The Morgan fingerprint density at radius 3 is 2.42 bits per heavy atom. The third-order valence-electron chi connectivity index (χ3n) is 8.95. The van der Waals surface area contributed by atoms with Crippen LogP contribution in [0.25, 0.3) is 0 Å². The Hall–Kier alpha value is -2.04. The smallest absolute Gasteiger partial charge is 0.326 e. The fraction of sp³-hybridized carbons (Fsp3) is 0.692. The van der Waals surface area contributed by atoms with Crippen LogP contribution in [0.5, 0.6) is 0 Å². The summed E-state index contributed by atoms with van der Waals surface area (Å²) < 4.78 is 6.07. The van der Waals surface area contributed by atoms with Gasteiger partial charge in [-0.2, -0.15) is 0 Å². The molecule has 3 fully saturated rings. The minimum Gasteiger partial charge on any atom is -0.460 e. The number of aryl methyl sites for hydroxylation is 1. The van der Waals surface area contributed by atoms with Gasteiger partial charge in [0.25, 0.3) is 0 Å². The number of rotatable bonds is 5. The second-order valence-corrected chi connectivity index (χ2v) is 10.8. The quantitative estimate of drug-likeness (QED) is 0.595. The number of amides is 2. The number of urea groups is 1. The van der Waals surface area contributed by atoms with Gasteiger partial charge in [-0.25, -0.2) is 4.79 Å². The molecule has 3 aliphatic carbocycles. The first kappa shape index (κ1) is 22.2. The Balaban J connectivity index is 1.45. The first-order valence-corrected chi connectivity index (χ1v) is 12.0. The van der Waals surface area contributed by atoms with E-state index < -0.39 is 0 Å². The molecule has 170 valence electrons. The number of hydrogen-bond acceptors (Lipinski definition) is 3. The summed E-state index contributed by atoms with van der Waals surface area (Å²) in [7, 11) is 0. The lowest BCUT2D eigenvalue weighted by Crippen LogP contribution is -2.48. The zero-order valence-corrected chi connectivity index (χ0v) is 19.6. The molecule has 0 aliphatic heterocycles. The van der Waals surface area contributed by atoms with Crippen LogP contribution in [0.2, 0.25) is 0 Å². The number of benzene rings is 1. The van der Waals surface area contributed by atoms with Gasteiger partial charge in [0.2, 0.25) is 0 Å². The zero-order chi connectivity index (χ0) is 22.2. The molecule has 1 N–H and O–H groups in total. The van der Waals surface area contributed by atoms with E-state index in [1.165, 1.54) is 12.8 Å². The van der Waals surface area contributed by atoms with Gasteiger partial charge in [-0.1, -0.05) is 58.2 Å². The van der Waals surface area contributed by atoms with E-state index >= 15 is 0 Å². The average molecular weight is 427 g/mol. The predicted molar refractivity (Wildman–Crippen MR) is 123 cm³/mol. The van der Waals surface area contributed by atoms with Crippen LogP contribution in [-0.2, 0) is 9.53 Å². The summed E-state index contributed by atoms with van der Waals surface area (Å²) in [5, 5.41) is 3.03. The number of anilines is 1. The third kappa shape index (κ3) is 4.08. The van der Waals surface area contributed by atoms with E-state index in [1.807, 2.05) is 31.2 Å². The number of carbonyl (C=O) groups excluding carboxylic acids is 2. The normalized spacial score (nSPS) is 29.5. The number of hydrogen-bond donors (Lipinski definition) is 1. The van der Waals surface area contributed by atoms with Crippen molar-refractivity contribution in [1.29, 1.82) is 0 Å². The highest BCUT2D eigenvalue weighted by molar-refractivity contribution is 5.92. The van der Waals surface area contributed by atoms with Crippen LogP contribution in [0.15, 0.2) is 24.3 Å². The maximum atomic E-state index is 13.2. The minimum absolute atomic E-state index is 0.0278. The molecule has 5 heteroatoms. The molecule has 2 amide bonds. The number of para-hydroxylation sites is 1. The molecule has 0 unspecified atom stereocenters. The van der Waals surface area contributed by atoms with Crippen molar-refractivity contribution in [2.24, 2.45) is 16.7 Å². The molecule has 0 spiro atoms. The van der Waals surface area contributed by atoms with E-state index in [0.29, 0.717) is 5.92 Å². The fourth-order valence-electron chi connectivity index (χ4n) is 6.30. The SMILES string of the molecule is Cc1ccccc1NC(=O)N(CC(=O)O[C@@H]1C[C@H]2CC[C@@]1(C)C2(C)C)C1CCCCC1. The molecule has 2 bridgehead atoms. The van der Waals surface area contributed by atoms with Crippen molar-refractivity contribution in [3.05, 3.63) is 29.8 Å². The Morgan fingerprint density at radius 1 is 1.10 bits per heavy atom. The van der Waals surface area contributed by atoms with Crippen LogP contribution in [0.1, 0.15) is 77.7 Å². The molecule has 3 aliphatic rings. The molecule has 1 aromatic carbocycles. The first-order chi connectivity index (χ1) is 14.7. The van der Waals surface area contributed by atoms with Gasteiger partial charge in [0, 0.05) is 17.1 Å². The third-order valence-corrected chi connectivity index (χ3v) is 8.95. The van der Waals surface area contributed by atoms with Crippen molar-refractivity contribution in [3.8, 4) is 0 Å². The Bertz CT molecular complexity index is 830. The summed E-state index contributed by atoms with van der Waals surface area (Å²) in [6.45, 7) is 8.93. The second-order valence-electron chi connectivity index (χ2n) is 10.8. The monoisotopic (exact) mass is 426 g/mol. The molecule has 0 saturated heterocycles. The summed E-state index contributed by atoms with van der Waals surface area (Å²) in [6, 6.07) is 7.66. The van der Waals surface area contributed by atoms with Crippen LogP contribution in [-0.4, -0.2) is 35.6 Å². The topological polar surface area (TPSA) is 58.6 Å². The second kappa shape index (κ2) is 8.48. The lowest BCUT2D eigenvalue weighted by atomic mass is 9.70. The van der Waals surface area contributed by atoms with Crippen molar-refractivity contribution in [2.45, 2.75) is 91.2 Å². The highest BCUT2D eigenvalue weighted by Crippen LogP contribution is 2.66. The standard InChI is InChI=1S/C26H38N2O3/c1-18-10-8-9-13-21(18)27-24(30)28(20-11-6-5-7-12-20)17-23(29)31-22-16-19-14-15-26(22,4)25(19,2)3/h8-10,13,19-20,22H,5-7,11-12,14-17H2,1-4H3,(H,27,30)/t19-,22-,26-/m1/s1. The first-order valence-electron chi connectivity index (χ1n) is 12.0. The van der Waals surface area contributed by atoms with E-state index in [4.69, 9.17) is 4.74 Å². The zero-order valence-electron chi connectivity index (χ0n) is 19.6. The fourth-order valence-corrected chi connectivity index (χ4v) is 6.30. The van der Waals surface area contributed by atoms with Crippen molar-refractivity contribution in [2.75, 3.05) is 11.9 Å². The van der Waals surface area contributed by atoms with Crippen LogP contribution in [0.3, 0.4) is 0 Å². The summed E-state index contributed by atoms with van der Waals surface area (Å²) in [6.07, 6.45) is 8.55. The Labute approximate surface area is 186 Å². The van der Waals surface area contributed by atoms with Gasteiger partial charge in [0.15, 0.2) is 0 Å². The van der Waals surface area contributed by atoms with E-state index in [9.17, 15) is 9.59 Å². The van der Waals surface area contributed by atoms with Gasteiger partial charge >= 0.3 is 12.0 Å². The van der Waals surface area contributed by atoms with Crippen molar-refractivity contribution in [1.82, 2.24) is 4.90 Å². The molecule has 4 rings (SSSR count). The Morgan fingerprint density at radius 2 is 1.81 bits per heavy atom. The Kier molecular flexibility index (Phi) is 6.06. The number of nitrogens with one attached hydrogen (secondary N) is 1. The van der Waals surface area contributed by atoms with Gasteiger partial charge in [-0.15, -0.1) is 0 Å². The lowest BCUT2D eigenvalue weighted by Gasteiger charge is -2.39.